The minimum absolute atomic E-state index is 0.0550. The first kappa shape index (κ1) is 28.1. The van der Waals surface area contributed by atoms with Crippen LogP contribution >= 0.6 is 0 Å². The van der Waals surface area contributed by atoms with Crippen LogP contribution in [0.4, 0.5) is 8.78 Å². The van der Waals surface area contributed by atoms with E-state index >= 15 is 8.78 Å². The standard InChI is InChI=1S/C33H52F2O/c1-3-5-7-9-10-12-24-13-18-30-28(20-24)23-31(34)32(33(30)35)27-15-14-26-22-29(17-16-25(26)21-27)36-19-11-8-6-4-2/h23-27,29H,3-22H2,1-2H3. The summed E-state index contributed by atoms with van der Waals surface area (Å²) in [7, 11) is 0. The van der Waals surface area contributed by atoms with Gasteiger partial charge in [0.2, 0.25) is 0 Å². The molecule has 0 bridgehead atoms. The Morgan fingerprint density at radius 3 is 2.33 bits per heavy atom. The van der Waals surface area contributed by atoms with E-state index in [-0.39, 0.29) is 17.6 Å². The Morgan fingerprint density at radius 1 is 0.806 bits per heavy atom. The highest BCUT2D eigenvalue weighted by molar-refractivity contribution is 5.39. The van der Waals surface area contributed by atoms with E-state index in [1.807, 2.05) is 0 Å². The molecular weight excluding hydrogens is 450 g/mol. The van der Waals surface area contributed by atoms with Gasteiger partial charge in [0.25, 0.3) is 0 Å². The molecule has 5 unspecified atom stereocenters. The van der Waals surface area contributed by atoms with Gasteiger partial charge in [-0.15, -0.1) is 0 Å². The van der Waals surface area contributed by atoms with Gasteiger partial charge in [-0.3, -0.25) is 0 Å². The highest BCUT2D eigenvalue weighted by atomic mass is 19.1. The van der Waals surface area contributed by atoms with Crippen LogP contribution in [0, 0.1) is 29.4 Å². The molecule has 1 nitrogen and oxygen atoms in total. The van der Waals surface area contributed by atoms with E-state index in [1.54, 1.807) is 6.07 Å². The van der Waals surface area contributed by atoms with Crippen molar-refractivity contribution in [1.29, 1.82) is 0 Å². The minimum atomic E-state index is -0.262. The van der Waals surface area contributed by atoms with Crippen molar-refractivity contribution in [1.82, 2.24) is 0 Å². The van der Waals surface area contributed by atoms with Gasteiger partial charge >= 0.3 is 0 Å². The molecule has 3 aliphatic carbocycles. The summed E-state index contributed by atoms with van der Waals surface area (Å²) in [5.74, 6) is 1.50. The zero-order valence-electron chi connectivity index (χ0n) is 23.3. The summed E-state index contributed by atoms with van der Waals surface area (Å²) in [6.07, 6.45) is 22.3. The molecule has 0 radical (unpaired) electrons. The molecule has 36 heavy (non-hydrogen) atoms. The van der Waals surface area contributed by atoms with E-state index in [0.717, 1.165) is 75.5 Å². The van der Waals surface area contributed by atoms with Crippen molar-refractivity contribution in [3.63, 3.8) is 0 Å². The lowest BCUT2D eigenvalue weighted by Crippen LogP contribution is -2.34. The maximum atomic E-state index is 15.8. The van der Waals surface area contributed by atoms with Gasteiger partial charge in [0.05, 0.1) is 6.10 Å². The molecule has 0 spiro atoms. The molecule has 3 heteroatoms. The molecule has 1 aromatic rings. The number of halogens is 2. The maximum absolute atomic E-state index is 15.8. The Morgan fingerprint density at radius 2 is 1.53 bits per heavy atom. The van der Waals surface area contributed by atoms with Crippen molar-refractivity contribution in [3.05, 3.63) is 34.4 Å². The first-order chi connectivity index (χ1) is 17.6. The monoisotopic (exact) mass is 502 g/mol. The van der Waals surface area contributed by atoms with Crippen molar-refractivity contribution in [2.45, 2.75) is 148 Å². The van der Waals surface area contributed by atoms with Gasteiger partial charge in [-0.2, -0.15) is 0 Å². The number of benzene rings is 1. The first-order valence-corrected chi connectivity index (χ1v) is 15.7. The average Bonchev–Trinajstić information content (AvgIpc) is 2.88. The third kappa shape index (κ3) is 7.33. The lowest BCUT2D eigenvalue weighted by Gasteiger charge is -2.42. The number of rotatable bonds is 13. The second-order valence-electron chi connectivity index (χ2n) is 12.4. The highest BCUT2D eigenvalue weighted by Gasteiger charge is 2.38. The maximum Gasteiger partial charge on any atom is 0.133 e. The largest absolute Gasteiger partial charge is 0.378 e. The normalized spacial score (nSPS) is 28.1. The zero-order valence-corrected chi connectivity index (χ0v) is 23.3. The lowest BCUT2D eigenvalue weighted by molar-refractivity contribution is -0.0166. The Hall–Kier alpha value is -0.960. The van der Waals surface area contributed by atoms with E-state index in [4.69, 9.17) is 4.74 Å². The van der Waals surface area contributed by atoms with E-state index in [1.165, 1.54) is 64.2 Å². The Kier molecular flexibility index (Phi) is 11.1. The quantitative estimate of drug-likeness (QED) is 0.244. The predicted molar refractivity (Wildman–Crippen MR) is 147 cm³/mol. The molecule has 0 aromatic heterocycles. The van der Waals surface area contributed by atoms with Crippen molar-refractivity contribution < 1.29 is 13.5 Å². The Labute approximate surface area is 220 Å². The molecule has 1 aromatic carbocycles. The van der Waals surface area contributed by atoms with E-state index in [0.29, 0.717) is 29.4 Å². The highest BCUT2D eigenvalue weighted by Crippen LogP contribution is 2.48. The lowest BCUT2D eigenvalue weighted by atomic mass is 9.65. The summed E-state index contributed by atoms with van der Waals surface area (Å²) in [5.41, 5.74) is 2.24. The Balaban J connectivity index is 1.30. The van der Waals surface area contributed by atoms with Crippen LogP contribution in [0.25, 0.3) is 0 Å². The summed E-state index contributed by atoms with van der Waals surface area (Å²) < 4.78 is 37.4. The fourth-order valence-corrected chi connectivity index (χ4v) is 7.64. The van der Waals surface area contributed by atoms with E-state index in [2.05, 4.69) is 13.8 Å². The predicted octanol–water partition coefficient (Wildman–Crippen LogP) is 10.1. The molecule has 0 saturated heterocycles. The average molecular weight is 503 g/mol. The molecule has 0 aliphatic heterocycles. The summed E-state index contributed by atoms with van der Waals surface area (Å²) in [6.45, 7) is 5.39. The second kappa shape index (κ2) is 14.3. The van der Waals surface area contributed by atoms with Gasteiger partial charge < -0.3 is 4.74 Å². The summed E-state index contributed by atoms with van der Waals surface area (Å²) in [6, 6.07) is 1.73. The van der Waals surface area contributed by atoms with Crippen LogP contribution in [0.1, 0.15) is 146 Å². The first-order valence-electron chi connectivity index (χ1n) is 15.7. The smallest absolute Gasteiger partial charge is 0.133 e. The van der Waals surface area contributed by atoms with Crippen LogP contribution in [0.2, 0.25) is 0 Å². The topological polar surface area (TPSA) is 9.23 Å². The van der Waals surface area contributed by atoms with Crippen LogP contribution in [-0.2, 0) is 17.6 Å². The van der Waals surface area contributed by atoms with Gasteiger partial charge in [-0.05, 0) is 105 Å². The van der Waals surface area contributed by atoms with Crippen molar-refractivity contribution in [3.8, 4) is 0 Å². The summed E-state index contributed by atoms with van der Waals surface area (Å²) in [4.78, 5) is 0. The molecule has 5 atom stereocenters. The number of hydrogen-bond acceptors (Lipinski definition) is 1. The summed E-state index contributed by atoms with van der Waals surface area (Å²) >= 11 is 0. The molecule has 2 fully saturated rings. The van der Waals surface area contributed by atoms with Gasteiger partial charge in [-0.1, -0.05) is 71.6 Å². The van der Waals surface area contributed by atoms with Gasteiger partial charge in [0.1, 0.15) is 11.6 Å². The molecule has 4 rings (SSSR count). The van der Waals surface area contributed by atoms with Gasteiger partial charge in [0, 0.05) is 12.2 Å². The third-order valence-electron chi connectivity index (χ3n) is 9.80. The molecule has 0 heterocycles. The second-order valence-corrected chi connectivity index (χ2v) is 12.4. The number of unbranched alkanes of at least 4 members (excludes halogenated alkanes) is 7. The molecule has 204 valence electrons. The fourth-order valence-electron chi connectivity index (χ4n) is 7.64. The molecule has 0 amide bonds. The zero-order chi connectivity index (χ0) is 25.3. The summed E-state index contributed by atoms with van der Waals surface area (Å²) in [5, 5.41) is 0. The van der Waals surface area contributed by atoms with Crippen molar-refractivity contribution >= 4 is 0 Å². The van der Waals surface area contributed by atoms with E-state index in [9.17, 15) is 0 Å². The Bertz CT molecular complexity index is 805. The molecule has 3 aliphatic rings. The number of ether oxygens (including phenoxy) is 1. The fraction of sp³-hybridized carbons (Fsp3) is 0.818. The van der Waals surface area contributed by atoms with Crippen LogP contribution in [0.15, 0.2) is 6.07 Å². The van der Waals surface area contributed by atoms with Crippen LogP contribution in [-0.4, -0.2) is 12.7 Å². The molecular formula is C33H52F2O. The number of hydrogen-bond donors (Lipinski definition) is 0. The van der Waals surface area contributed by atoms with Crippen LogP contribution < -0.4 is 0 Å². The van der Waals surface area contributed by atoms with Gasteiger partial charge in [0.15, 0.2) is 0 Å². The van der Waals surface area contributed by atoms with Crippen molar-refractivity contribution in [2.24, 2.45) is 17.8 Å². The SMILES string of the molecule is CCCCCCCC1CCc2c(cc(F)c(C3CCC4CC(OCCCCCC)CCC4C3)c2F)C1. The molecule has 2 saturated carbocycles. The van der Waals surface area contributed by atoms with Crippen LogP contribution in [0.3, 0.4) is 0 Å². The minimum Gasteiger partial charge on any atom is -0.378 e. The van der Waals surface area contributed by atoms with Crippen LogP contribution in [0.5, 0.6) is 0 Å². The third-order valence-corrected chi connectivity index (χ3v) is 9.80. The van der Waals surface area contributed by atoms with Gasteiger partial charge in [-0.25, -0.2) is 8.78 Å². The van der Waals surface area contributed by atoms with Crippen molar-refractivity contribution in [2.75, 3.05) is 6.61 Å². The number of fused-ring (bicyclic) bond motifs is 2. The van der Waals surface area contributed by atoms with E-state index < -0.39 is 0 Å². The molecule has 0 N–H and O–H groups in total.